The van der Waals surface area contributed by atoms with E-state index in [0.717, 1.165) is 5.56 Å². The minimum Gasteiger partial charge on any atom is -0.497 e. The second-order valence-electron chi connectivity index (χ2n) is 6.49. The minimum atomic E-state index is -1.26. The average Bonchev–Trinajstić information content (AvgIpc) is 2.73. The molecule has 2 aromatic rings. The molecule has 0 aromatic heterocycles. The molecule has 27 heavy (non-hydrogen) atoms. The number of hydrogen-bond acceptors (Lipinski definition) is 7. The van der Waals surface area contributed by atoms with Crippen LogP contribution in [-0.2, 0) is 14.2 Å². The number of benzene rings is 2. The molecule has 0 aliphatic carbocycles. The van der Waals surface area contributed by atoms with Crippen molar-refractivity contribution in [1.82, 2.24) is 0 Å². The quantitative estimate of drug-likeness (QED) is 0.841. The fourth-order valence-electron chi connectivity index (χ4n) is 3.24. The Morgan fingerprint density at radius 2 is 1.59 bits per heavy atom. The van der Waals surface area contributed by atoms with E-state index in [2.05, 4.69) is 0 Å². The van der Waals surface area contributed by atoms with Gasteiger partial charge in [0.25, 0.3) is 0 Å². The largest absolute Gasteiger partial charge is 0.497 e. The summed E-state index contributed by atoms with van der Waals surface area (Å²) in [5, 5.41) is 21.0. The molecule has 2 fully saturated rings. The SMILES string of the molecule is COc1ccc(O[C@@H]2O[C@@H]3CO[C@@H](c4ccccc4)O[C@@H]3[C@H](O)[C@H]2O)cc1. The first-order valence-electron chi connectivity index (χ1n) is 8.80. The molecule has 2 aliphatic rings. The first kappa shape index (κ1) is 18.2. The lowest BCUT2D eigenvalue weighted by Gasteiger charge is -2.46. The number of aliphatic hydroxyl groups is 2. The Hall–Kier alpha value is -2.16. The predicted molar refractivity (Wildman–Crippen MR) is 94.3 cm³/mol. The van der Waals surface area contributed by atoms with Gasteiger partial charge < -0.3 is 33.9 Å². The van der Waals surface area contributed by atoms with Crippen molar-refractivity contribution in [3.05, 3.63) is 60.2 Å². The third-order valence-electron chi connectivity index (χ3n) is 4.72. The molecule has 0 saturated carbocycles. The number of aliphatic hydroxyl groups excluding tert-OH is 2. The van der Waals surface area contributed by atoms with Crippen LogP contribution in [-0.4, -0.2) is 54.6 Å². The fourth-order valence-corrected chi connectivity index (χ4v) is 3.24. The summed E-state index contributed by atoms with van der Waals surface area (Å²) < 4.78 is 28.2. The molecule has 0 amide bonds. The summed E-state index contributed by atoms with van der Waals surface area (Å²) >= 11 is 0. The number of rotatable bonds is 4. The van der Waals surface area contributed by atoms with E-state index in [-0.39, 0.29) is 6.61 Å². The Kier molecular flexibility index (Phi) is 5.29. The lowest BCUT2D eigenvalue weighted by molar-refractivity contribution is -0.350. The molecule has 4 rings (SSSR count). The van der Waals surface area contributed by atoms with Gasteiger partial charge in [-0.1, -0.05) is 30.3 Å². The molecule has 144 valence electrons. The molecule has 7 nitrogen and oxygen atoms in total. The van der Waals surface area contributed by atoms with Crippen LogP contribution in [0.1, 0.15) is 11.9 Å². The van der Waals surface area contributed by atoms with Gasteiger partial charge in [-0.3, -0.25) is 0 Å². The summed E-state index contributed by atoms with van der Waals surface area (Å²) in [6.07, 6.45) is -5.33. The third-order valence-corrected chi connectivity index (χ3v) is 4.72. The summed E-state index contributed by atoms with van der Waals surface area (Å²) in [6, 6.07) is 16.3. The highest BCUT2D eigenvalue weighted by Crippen LogP contribution is 2.34. The first-order valence-corrected chi connectivity index (χ1v) is 8.80. The lowest BCUT2D eigenvalue weighted by Crippen LogP contribution is -2.62. The molecule has 2 N–H and O–H groups in total. The molecule has 0 unspecified atom stereocenters. The van der Waals surface area contributed by atoms with Gasteiger partial charge in [0.05, 0.1) is 13.7 Å². The molecular formula is C20H22O7. The van der Waals surface area contributed by atoms with Gasteiger partial charge in [0, 0.05) is 5.56 Å². The number of methoxy groups -OCH3 is 1. The maximum absolute atomic E-state index is 10.6. The lowest BCUT2D eigenvalue weighted by atomic mass is 9.98. The third kappa shape index (κ3) is 3.78. The minimum absolute atomic E-state index is 0.219. The highest BCUT2D eigenvalue weighted by Gasteiger charge is 2.49. The van der Waals surface area contributed by atoms with E-state index in [1.54, 1.807) is 31.4 Å². The first-order chi connectivity index (χ1) is 13.2. The van der Waals surface area contributed by atoms with Gasteiger partial charge in [0.1, 0.15) is 35.9 Å². The van der Waals surface area contributed by atoms with Crippen molar-refractivity contribution in [3.8, 4) is 11.5 Å². The zero-order chi connectivity index (χ0) is 18.8. The van der Waals surface area contributed by atoms with Crippen molar-refractivity contribution in [3.63, 3.8) is 0 Å². The Labute approximate surface area is 157 Å². The molecule has 0 bridgehead atoms. The summed E-state index contributed by atoms with van der Waals surface area (Å²) in [4.78, 5) is 0. The van der Waals surface area contributed by atoms with Crippen molar-refractivity contribution in [2.75, 3.05) is 13.7 Å². The molecule has 2 aromatic carbocycles. The van der Waals surface area contributed by atoms with Gasteiger partial charge in [0.15, 0.2) is 6.29 Å². The van der Waals surface area contributed by atoms with Crippen LogP contribution in [0.25, 0.3) is 0 Å². The van der Waals surface area contributed by atoms with E-state index in [0.29, 0.717) is 11.5 Å². The molecular weight excluding hydrogens is 352 g/mol. The summed E-state index contributed by atoms with van der Waals surface area (Å²) in [7, 11) is 1.58. The summed E-state index contributed by atoms with van der Waals surface area (Å²) in [6.45, 7) is 0.219. The van der Waals surface area contributed by atoms with Gasteiger partial charge in [-0.25, -0.2) is 0 Å². The van der Waals surface area contributed by atoms with Crippen LogP contribution in [0, 0.1) is 0 Å². The molecule has 0 spiro atoms. The highest BCUT2D eigenvalue weighted by atomic mass is 16.8. The Bertz CT molecular complexity index is 734. The number of hydrogen-bond donors (Lipinski definition) is 2. The average molecular weight is 374 g/mol. The molecule has 7 heteroatoms. The van der Waals surface area contributed by atoms with E-state index < -0.39 is 37.0 Å². The maximum Gasteiger partial charge on any atom is 0.229 e. The Morgan fingerprint density at radius 1 is 0.889 bits per heavy atom. The van der Waals surface area contributed by atoms with Crippen molar-refractivity contribution < 1.29 is 33.9 Å². The van der Waals surface area contributed by atoms with Crippen LogP contribution in [0.4, 0.5) is 0 Å². The summed E-state index contributed by atoms with van der Waals surface area (Å²) in [5.41, 5.74) is 0.842. The van der Waals surface area contributed by atoms with E-state index in [1.165, 1.54) is 0 Å². The van der Waals surface area contributed by atoms with Crippen molar-refractivity contribution in [2.24, 2.45) is 0 Å². The van der Waals surface area contributed by atoms with Gasteiger partial charge in [-0.05, 0) is 24.3 Å². The zero-order valence-electron chi connectivity index (χ0n) is 14.8. The van der Waals surface area contributed by atoms with Gasteiger partial charge in [0.2, 0.25) is 6.29 Å². The van der Waals surface area contributed by atoms with E-state index >= 15 is 0 Å². The molecule has 0 radical (unpaired) electrons. The normalized spacial score (nSPS) is 33.1. The van der Waals surface area contributed by atoms with Gasteiger partial charge in [-0.2, -0.15) is 0 Å². The van der Waals surface area contributed by atoms with Crippen LogP contribution in [0.2, 0.25) is 0 Å². The highest BCUT2D eigenvalue weighted by molar-refractivity contribution is 5.31. The topological polar surface area (TPSA) is 86.6 Å². The predicted octanol–water partition coefficient (Wildman–Crippen LogP) is 1.63. The standard InChI is InChI=1S/C20H22O7/c1-23-13-7-9-14(10-8-13)25-20-17(22)16(21)18-15(26-20)11-24-19(27-18)12-5-3-2-4-6-12/h2-10,15-22H,11H2,1H3/t15-,16-,17-,18+,19-,20-/m1/s1. The molecule has 2 aliphatic heterocycles. The fraction of sp³-hybridized carbons (Fsp3) is 0.400. The second kappa shape index (κ2) is 7.84. The second-order valence-corrected chi connectivity index (χ2v) is 6.49. The molecule has 2 heterocycles. The van der Waals surface area contributed by atoms with Crippen LogP contribution < -0.4 is 9.47 Å². The zero-order valence-corrected chi connectivity index (χ0v) is 14.8. The Morgan fingerprint density at radius 3 is 2.30 bits per heavy atom. The van der Waals surface area contributed by atoms with Crippen LogP contribution >= 0.6 is 0 Å². The van der Waals surface area contributed by atoms with Crippen molar-refractivity contribution >= 4 is 0 Å². The Balaban J connectivity index is 1.43. The van der Waals surface area contributed by atoms with Crippen molar-refractivity contribution in [1.29, 1.82) is 0 Å². The van der Waals surface area contributed by atoms with Crippen LogP contribution in [0.15, 0.2) is 54.6 Å². The monoisotopic (exact) mass is 374 g/mol. The van der Waals surface area contributed by atoms with E-state index in [4.69, 9.17) is 23.7 Å². The van der Waals surface area contributed by atoms with Crippen LogP contribution in [0.3, 0.4) is 0 Å². The van der Waals surface area contributed by atoms with Gasteiger partial charge in [-0.15, -0.1) is 0 Å². The molecule has 6 atom stereocenters. The van der Waals surface area contributed by atoms with Gasteiger partial charge >= 0.3 is 0 Å². The maximum atomic E-state index is 10.6. The number of fused-ring (bicyclic) bond motifs is 1. The number of ether oxygens (including phenoxy) is 5. The van der Waals surface area contributed by atoms with Crippen molar-refractivity contribution in [2.45, 2.75) is 37.0 Å². The van der Waals surface area contributed by atoms with E-state index in [9.17, 15) is 10.2 Å². The summed E-state index contributed by atoms with van der Waals surface area (Å²) in [5.74, 6) is 1.18. The van der Waals surface area contributed by atoms with Crippen LogP contribution in [0.5, 0.6) is 11.5 Å². The van der Waals surface area contributed by atoms with E-state index in [1.807, 2.05) is 30.3 Å². The smallest absolute Gasteiger partial charge is 0.229 e. The molecule has 2 saturated heterocycles.